The van der Waals surface area contributed by atoms with Gasteiger partial charge in [-0.25, -0.2) is 4.79 Å². The number of nitrogens with zero attached hydrogens (tertiary/aromatic N) is 2. The van der Waals surface area contributed by atoms with E-state index in [0.29, 0.717) is 0 Å². The lowest BCUT2D eigenvalue weighted by Gasteiger charge is -2.03. The predicted molar refractivity (Wildman–Crippen MR) is 54.5 cm³/mol. The zero-order chi connectivity index (χ0) is 13.4. The highest BCUT2D eigenvalue weighted by atomic mass is 35.5. The molecule has 0 amide bonds. The van der Waals surface area contributed by atoms with Gasteiger partial charge < -0.3 is 5.11 Å². The number of carbonyl (C=O) groups is 1. The molecule has 0 saturated carbocycles. The van der Waals surface area contributed by atoms with Gasteiger partial charge in [0.05, 0.1) is 0 Å². The number of rotatable bonds is 2. The first-order valence-corrected chi connectivity index (χ1v) is 4.73. The highest BCUT2D eigenvalue weighted by Crippen LogP contribution is 2.35. The molecule has 4 nitrogen and oxygen atoms in total. The first-order valence-electron chi connectivity index (χ1n) is 4.36. The van der Waals surface area contributed by atoms with Gasteiger partial charge >= 0.3 is 12.1 Å². The molecule has 0 unspecified atom stereocenters. The van der Waals surface area contributed by atoms with E-state index in [1.807, 2.05) is 0 Å². The molecule has 0 spiro atoms. The average molecular weight is 269 g/mol. The normalized spacial score (nSPS) is 12.9. The fourth-order valence-electron chi connectivity index (χ4n) is 1.14. The van der Waals surface area contributed by atoms with Crippen molar-refractivity contribution in [2.45, 2.75) is 13.1 Å². The lowest BCUT2D eigenvalue weighted by atomic mass is 10.1. The third-order valence-corrected chi connectivity index (χ3v) is 2.43. The molecule has 1 aromatic rings. The number of carboxylic acid groups (broad SMARTS) is 1. The zero-order valence-electron chi connectivity index (χ0n) is 8.84. The van der Waals surface area contributed by atoms with Crippen LogP contribution in [0.2, 0.25) is 5.15 Å². The molecule has 17 heavy (non-hydrogen) atoms. The summed E-state index contributed by atoms with van der Waals surface area (Å²) in [5.41, 5.74) is -1.91. The summed E-state index contributed by atoms with van der Waals surface area (Å²) in [6.07, 6.45) is -3.84. The van der Waals surface area contributed by atoms with Crippen LogP contribution in [0.25, 0.3) is 6.08 Å². The summed E-state index contributed by atoms with van der Waals surface area (Å²) in [4.78, 5) is 10.6. The number of aryl methyl sites for hydroxylation is 1. The fourth-order valence-corrected chi connectivity index (χ4v) is 1.32. The fraction of sp³-hybridized carbons (Fsp3) is 0.333. The van der Waals surface area contributed by atoms with Crippen molar-refractivity contribution in [1.29, 1.82) is 0 Å². The first kappa shape index (κ1) is 13.6. The van der Waals surface area contributed by atoms with E-state index in [0.717, 1.165) is 10.8 Å². The van der Waals surface area contributed by atoms with E-state index in [1.54, 1.807) is 0 Å². The minimum Gasteiger partial charge on any atom is -0.478 e. The van der Waals surface area contributed by atoms with Gasteiger partial charge in [-0.1, -0.05) is 11.6 Å². The Morgan fingerprint density at radius 3 is 2.47 bits per heavy atom. The number of alkyl halides is 3. The smallest absolute Gasteiger partial charge is 0.435 e. The van der Waals surface area contributed by atoms with E-state index in [-0.39, 0.29) is 10.7 Å². The van der Waals surface area contributed by atoms with Crippen molar-refractivity contribution in [3.05, 3.63) is 22.0 Å². The van der Waals surface area contributed by atoms with Crippen LogP contribution in [0.3, 0.4) is 0 Å². The summed E-state index contributed by atoms with van der Waals surface area (Å²) in [6, 6.07) is 0. The zero-order valence-corrected chi connectivity index (χ0v) is 9.60. The summed E-state index contributed by atoms with van der Waals surface area (Å²) >= 11 is 5.63. The van der Waals surface area contributed by atoms with Gasteiger partial charge in [-0.3, -0.25) is 4.68 Å². The summed E-state index contributed by atoms with van der Waals surface area (Å²) < 4.78 is 38.6. The van der Waals surface area contributed by atoms with E-state index in [1.165, 1.54) is 14.0 Å². The summed E-state index contributed by atoms with van der Waals surface area (Å²) in [5.74, 6) is -1.32. The molecule has 0 bridgehead atoms. The lowest BCUT2D eigenvalue weighted by Crippen LogP contribution is -2.08. The molecule has 0 fully saturated rings. The van der Waals surface area contributed by atoms with Gasteiger partial charge in [0.2, 0.25) is 0 Å². The Morgan fingerprint density at radius 1 is 1.53 bits per heavy atom. The maximum Gasteiger partial charge on any atom is 0.435 e. The van der Waals surface area contributed by atoms with E-state index < -0.39 is 23.4 Å². The number of halogens is 4. The van der Waals surface area contributed by atoms with E-state index in [2.05, 4.69) is 5.10 Å². The maximum atomic E-state index is 12.6. The van der Waals surface area contributed by atoms with Crippen molar-refractivity contribution in [3.8, 4) is 0 Å². The van der Waals surface area contributed by atoms with Crippen LogP contribution in [0.15, 0.2) is 5.57 Å². The predicted octanol–water partition coefficient (Wildman–Crippen LogP) is 2.58. The van der Waals surface area contributed by atoms with Crippen LogP contribution in [0.5, 0.6) is 0 Å². The van der Waals surface area contributed by atoms with Gasteiger partial charge in [-0.2, -0.15) is 18.3 Å². The number of aromatic nitrogens is 2. The van der Waals surface area contributed by atoms with Crippen molar-refractivity contribution in [3.63, 3.8) is 0 Å². The molecule has 1 aromatic heterocycles. The van der Waals surface area contributed by atoms with E-state index >= 15 is 0 Å². The third-order valence-electron chi connectivity index (χ3n) is 1.98. The molecule has 94 valence electrons. The molecule has 8 heteroatoms. The number of carboxylic acids is 1. The molecule has 0 saturated heterocycles. The van der Waals surface area contributed by atoms with E-state index in [4.69, 9.17) is 16.7 Å². The van der Waals surface area contributed by atoms with Gasteiger partial charge in [0.1, 0.15) is 5.15 Å². The molecule has 0 aliphatic carbocycles. The Balaban J connectivity index is 3.42. The molecule has 0 atom stereocenters. The second-order valence-corrected chi connectivity index (χ2v) is 3.66. The van der Waals surface area contributed by atoms with Gasteiger partial charge in [0.25, 0.3) is 0 Å². The second-order valence-electron chi connectivity index (χ2n) is 3.31. The Kier molecular flexibility index (Phi) is 3.51. The molecular weight excluding hydrogens is 261 g/mol. The van der Waals surface area contributed by atoms with Gasteiger partial charge in [-0.15, -0.1) is 0 Å². The molecule has 0 radical (unpaired) electrons. The van der Waals surface area contributed by atoms with Crippen molar-refractivity contribution >= 4 is 23.6 Å². The van der Waals surface area contributed by atoms with Crippen LogP contribution >= 0.6 is 11.6 Å². The maximum absolute atomic E-state index is 12.6. The monoisotopic (exact) mass is 268 g/mol. The average Bonchev–Trinajstić information content (AvgIpc) is 2.45. The Morgan fingerprint density at radius 2 is 2.06 bits per heavy atom. The minimum atomic E-state index is -4.69. The van der Waals surface area contributed by atoms with Gasteiger partial charge in [0.15, 0.2) is 5.69 Å². The molecule has 1 N–H and O–H groups in total. The quantitative estimate of drug-likeness (QED) is 0.839. The molecule has 0 aromatic carbocycles. The molecule has 1 heterocycles. The number of hydrogen-bond acceptors (Lipinski definition) is 2. The van der Waals surface area contributed by atoms with Crippen LogP contribution in [-0.4, -0.2) is 20.9 Å². The van der Waals surface area contributed by atoms with Crippen molar-refractivity contribution in [2.24, 2.45) is 7.05 Å². The van der Waals surface area contributed by atoms with Gasteiger partial charge in [0, 0.05) is 18.2 Å². The molecular formula is C9H8ClF3N2O2. The van der Waals surface area contributed by atoms with Crippen LogP contribution in [0, 0.1) is 0 Å². The molecule has 1 rings (SSSR count). The van der Waals surface area contributed by atoms with Crippen LogP contribution in [0.4, 0.5) is 13.2 Å². The highest BCUT2D eigenvalue weighted by Gasteiger charge is 2.38. The number of aliphatic carboxylic acids is 1. The Bertz CT molecular complexity index is 491. The summed E-state index contributed by atoms with van der Waals surface area (Å²) in [5, 5.41) is 11.6. The van der Waals surface area contributed by atoms with Crippen molar-refractivity contribution < 1.29 is 23.1 Å². The number of hydrogen-bond donors (Lipinski definition) is 1. The van der Waals surface area contributed by atoms with Crippen LogP contribution in [0.1, 0.15) is 18.2 Å². The van der Waals surface area contributed by atoms with Crippen LogP contribution in [-0.2, 0) is 18.0 Å². The summed E-state index contributed by atoms with van der Waals surface area (Å²) in [7, 11) is 1.24. The summed E-state index contributed by atoms with van der Waals surface area (Å²) in [6.45, 7) is 1.17. The first-order chi connectivity index (χ1) is 7.64. The van der Waals surface area contributed by atoms with Crippen molar-refractivity contribution in [2.75, 3.05) is 0 Å². The minimum absolute atomic E-state index is 0.259. The van der Waals surface area contributed by atoms with Gasteiger partial charge in [-0.05, 0) is 13.0 Å². The standard InChI is InChI=1S/C9H8ClF3N2O2/c1-4(8(16)17)3-5-6(9(11,12)13)14-15(2)7(5)10/h3H,1-2H3,(H,16,17)/b4-3+. The lowest BCUT2D eigenvalue weighted by molar-refractivity contribution is -0.141. The molecule has 0 aliphatic rings. The van der Waals surface area contributed by atoms with E-state index in [9.17, 15) is 18.0 Å². The van der Waals surface area contributed by atoms with Crippen LogP contribution < -0.4 is 0 Å². The highest BCUT2D eigenvalue weighted by molar-refractivity contribution is 6.31. The topological polar surface area (TPSA) is 55.1 Å². The SMILES string of the molecule is C/C(=C\c1c(C(F)(F)F)nn(C)c1Cl)C(=O)O. The molecule has 0 aliphatic heterocycles. The van der Waals surface area contributed by atoms with Crippen molar-refractivity contribution in [1.82, 2.24) is 9.78 Å². The largest absolute Gasteiger partial charge is 0.478 e. The second kappa shape index (κ2) is 4.40. The third kappa shape index (κ3) is 2.79. The Hall–Kier alpha value is -1.50. The Labute approximate surface area is 99.3 Å².